The maximum Gasteiger partial charge on any atom is 0.317 e. The zero-order chi connectivity index (χ0) is 9.49. The summed E-state index contributed by atoms with van der Waals surface area (Å²) in [7, 11) is 1.06. The van der Waals surface area contributed by atoms with Gasteiger partial charge in [0.05, 0.1) is 0 Å². The third-order valence-corrected chi connectivity index (χ3v) is 1.99. The lowest BCUT2D eigenvalue weighted by Crippen LogP contribution is -2.32. The molecule has 0 bridgehead atoms. The number of hydrogen-bond acceptors (Lipinski definition) is 3. The third kappa shape index (κ3) is 38.3. The zero-order valence-electron chi connectivity index (χ0n) is 8.47. The van der Waals surface area contributed by atoms with Crippen molar-refractivity contribution in [3.63, 3.8) is 0 Å². The predicted octanol–water partition coefficient (Wildman–Crippen LogP) is 0.909. The summed E-state index contributed by atoms with van der Waals surface area (Å²) < 4.78 is 9.63. The van der Waals surface area contributed by atoms with Gasteiger partial charge in [-0.05, 0) is 6.55 Å². The van der Waals surface area contributed by atoms with Crippen molar-refractivity contribution in [1.82, 2.24) is 0 Å². The average Bonchev–Trinajstić information content (AvgIpc) is 1.83. The second-order valence-corrected chi connectivity index (χ2v) is 10.2. The highest BCUT2D eigenvalue weighted by Gasteiger charge is 2.00. The second-order valence-electron chi connectivity index (χ2n) is 3.41. The first-order valence-corrected chi connectivity index (χ1v) is 9.33. The summed E-state index contributed by atoms with van der Waals surface area (Å²) in [6, 6.07) is 0. The highest BCUT2D eigenvalue weighted by atomic mass is 28.3. The Morgan fingerprint density at radius 1 is 1.09 bits per heavy atom. The van der Waals surface area contributed by atoms with Crippen molar-refractivity contribution in [2.24, 2.45) is 5.40 Å². The molecule has 0 spiro atoms. The topological polar surface area (TPSA) is 44.5 Å². The quantitative estimate of drug-likeness (QED) is 0.666. The van der Waals surface area contributed by atoms with Crippen LogP contribution in [0.1, 0.15) is 0 Å². The van der Waals surface area contributed by atoms with E-state index in [1.165, 1.54) is 0 Å². The Labute approximate surface area is 72.8 Å². The lowest BCUT2D eigenvalue weighted by atomic mass is 11.8. The molecule has 0 aromatic heterocycles. The van der Waals surface area contributed by atoms with Crippen LogP contribution in [0.15, 0.2) is 0 Å². The first-order chi connectivity index (χ1) is 4.81. The molecule has 0 aliphatic rings. The van der Waals surface area contributed by atoms with Crippen LogP contribution < -0.4 is 5.40 Å². The minimum absolute atomic E-state index is 1.11. The molecular formula is C6H21NO2Si2. The van der Waals surface area contributed by atoms with Gasteiger partial charge in [-0.25, -0.2) is 0 Å². The van der Waals surface area contributed by atoms with Gasteiger partial charge in [0, 0.05) is 14.2 Å². The smallest absolute Gasteiger partial charge is 0.317 e. The molecule has 0 unspecified atom stereocenters. The van der Waals surface area contributed by atoms with Crippen molar-refractivity contribution in [3.8, 4) is 0 Å². The van der Waals surface area contributed by atoms with Gasteiger partial charge in [0.2, 0.25) is 0 Å². The Bertz CT molecular complexity index is 75.1. The van der Waals surface area contributed by atoms with Gasteiger partial charge in [-0.15, -0.1) is 0 Å². The fourth-order valence-electron chi connectivity index (χ4n) is 0.0962. The molecule has 70 valence electrons. The number of nitrogens with two attached hydrogens (primary N) is 1. The number of rotatable bonds is 2. The molecule has 0 rings (SSSR count). The summed E-state index contributed by atoms with van der Waals surface area (Å²) in [4.78, 5) is 0. The van der Waals surface area contributed by atoms with E-state index in [0.29, 0.717) is 0 Å². The van der Waals surface area contributed by atoms with Crippen LogP contribution >= 0.6 is 0 Å². The van der Waals surface area contributed by atoms with Gasteiger partial charge in [0.25, 0.3) is 0 Å². The van der Waals surface area contributed by atoms with E-state index in [1.54, 1.807) is 14.2 Å². The molecule has 3 nitrogen and oxygen atoms in total. The Balaban J connectivity index is 0. The summed E-state index contributed by atoms with van der Waals surface area (Å²) >= 11 is 0. The molecule has 0 heterocycles. The van der Waals surface area contributed by atoms with Crippen molar-refractivity contribution >= 4 is 17.5 Å². The normalized spacial score (nSPS) is 10.9. The molecule has 0 aliphatic heterocycles. The molecule has 0 aromatic rings. The van der Waals surface area contributed by atoms with E-state index < -0.39 is 17.5 Å². The molecule has 0 atom stereocenters. The average molecular weight is 195 g/mol. The van der Waals surface area contributed by atoms with Gasteiger partial charge >= 0.3 is 9.28 Å². The van der Waals surface area contributed by atoms with Gasteiger partial charge < -0.3 is 14.3 Å². The molecule has 5 heteroatoms. The highest BCUT2D eigenvalue weighted by Crippen LogP contribution is 1.83. The summed E-state index contributed by atoms with van der Waals surface area (Å²) in [5.41, 5.74) is 0. The standard InChI is InChI=1S/C3H11NSi.C3H10O2Si/c1-5(2,3)4;1-4-6(3)5-2/h4H2,1-3H3;6H,1-3H3. The van der Waals surface area contributed by atoms with Crippen LogP contribution in [0, 0.1) is 0 Å². The van der Waals surface area contributed by atoms with Gasteiger partial charge in [-0.2, -0.15) is 0 Å². The molecule has 11 heavy (non-hydrogen) atoms. The number of hydrogen-bond donors (Lipinski definition) is 1. The van der Waals surface area contributed by atoms with E-state index in [-0.39, 0.29) is 0 Å². The van der Waals surface area contributed by atoms with E-state index in [0.717, 1.165) is 0 Å². The minimum atomic E-state index is -1.16. The van der Waals surface area contributed by atoms with Gasteiger partial charge in [-0.3, -0.25) is 0 Å². The first kappa shape index (κ1) is 13.9. The monoisotopic (exact) mass is 195 g/mol. The third-order valence-electron chi connectivity index (χ3n) is 0.664. The fraction of sp³-hybridized carbons (Fsp3) is 1.00. The van der Waals surface area contributed by atoms with Crippen molar-refractivity contribution in [2.75, 3.05) is 14.2 Å². The van der Waals surface area contributed by atoms with Crippen LogP contribution in [0.2, 0.25) is 26.2 Å². The summed E-state index contributed by atoms with van der Waals surface area (Å²) in [5, 5.41) is 5.49. The molecule has 0 saturated heterocycles. The van der Waals surface area contributed by atoms with Crippen molar-refractivity contribution in [2.45, 2.75) is 26.2 Å². The van der Waals surface area contributed by atoms with E-state index in [1.807, 2.05) is 6.55 Å². The van der Waals surface area contributed by atoms with Gasteiger partial charge in [0.15, 0.2) is 0 Å². The lowest BCUT2D eigenvalue weighted by Gasteiger charge is -2.02. The van der Waals surface area contributed by atoms with E-state index in [4.69, 9.17) is 14.3 Å². The van der Waals surface area contributed by atoms with E-state index in [9.17, 15) is 0 Å². The summed E-state index contributed by atoms with van der Waals surface area (Å²) in [6.07, 6.45) is 0. The highest BCUT2D eigenvalue weighted by molar-refractivity contribution is 6.72. The molecule has 0 aromatic carbocycles. The minimum Gasteiger partial charge on any atom is -0.400 e. The lowest BCUT2D eigenvalue weighted by molar-refractivity contribution is 0.285. The van der Waals surface area contributed by atoms with Crippen LogP contribution in [0.3, 0.4) is 0 Å². The Morgan fingerprint density at radius 3 is 1.27 bits per heavy atom. The molecule has 0 fully saturated rings. The Kier molecular flexibility index (Phi) is 8.82. The van der Waals surface area contributed by atoms with Crippen molar-refractivity contribution in [1.29, 1.82) is 0 Å². The van der Waals surface area contributed by atoms with E-state index >= 15 is 0 Å². The van der Waals surface area contributed by atoms with Crippen LogP contribution in [0.4, 0.5) is 0 Å². The molecule has 0 saturated carbocycles. The molecule has 0 amide bonds. The van der Waals surface area contributed by atoms with Crippen LogP contribution in [0.25, 0.3) is 0 Å². The van der Waals surface area contributed by atoms with Gasteiger partial charge in [-0.1, -0.05) is 19.6 Å². The van der Waals surface area contributed by atoms with Crippen molar-refractivity contribution < 1.29 is 8.85 Å². The summed E-state index contributed by atoms with van der Waals surface area (Å²) in [5.74, 6) is 0. The van der Waals surface area contributed by atoms with Crippen LogP contribution in [-0.2, 0) is 8.85 Å². The summed E-state index contributed by atoms with van der Waals surface area (Å²) in [6.45, 7) is 8.28. The largest absolute Gasteiger partial charge is 0.400 e. The van der Waals surface area contributed by atoms with Gasteiger partial charge in [0.1, 0.15) is 8.24 Å². The first-order valence-electron chi connectivity index (χ1n) is 3.65. The molecule has 0 aliphatic carbocycles. The van der Waals surface area contributed by atoms with E-state index in [2.05, 4.69) is 19.6 Å². The maximum atomic E-state index is 5.49. The zero-order valence-corrected chi connectivity index (χ0v) is 10.6. The second kappa shape index (κ2) is 6.99. The Hall–Kier alpha value is 0.314. The fourth-order valence-corrected chi connectivity index (χ4v) is 0.289. The molecule has 0 radical (unpaired) electrons. The molecular weight excluding hydrogens is 174 g/mol. The SMILES string of the molecule is CO[SiH](C)OC.C[Si](C)(C)N. The Morgan fingerprint density at radius 2 is 1.27 bits per heavy atom. The molecule has 2 N–H and O–H groups in total. The predicted molar refractivity (Wildman–Crippen MR) is 54.6 cm³/mol. The van der Waals surface area contributed by atoms with Crippen molar-refractivity contribution in [3.05, 3.63) is 0 Å². The van der Waals surface area contributed by atoms with Crippen LogP contribution in [-0.4, -0.2) is 31.7 Å². The van der Waals surface area contributed by atoms with Crippen LogP contribution in [0.5, 0.6) is 0 Å². The maximum absolute atomic E-state index is 5.49.